The molecule has 0 spiro atoms. The van der Waals surface area contributed by atoms with Crippen LogP contribution in [0.5, 0.6) is 0 Å². The number of ketones is 1. The Morgan fingerprint density at radius 1 is 0.909 bits per heavy atom. The third-order valence-corrected chi connectivity index (χ3v) is 5.03. The number of benzene rings is 2. The average molecular weight is 292 g/mol. The van der Waals surface area contributed by atoms with E-state index in [2.05, 4.69) is 50.2 Å². The summed E-state index contributed by atoms with van der Waals surface area (Å²) in [6.45, 7) is 6.17. The summed E-state index contributed by atoms with van der Waals surface area (Å²) in [7, 11) is 0. The highest BCUT2D eigenvalue weighted by Gasteiger charge is 2.41. The van der Waals surface area contributed by atoms with Crippen LogP contribution in [0.15, 0.2) is 42.5 Å². The van der Waals surface area contributed by atoms with Gasteiger partial charge in [-0.05, 0) is 48.1 Å². The molecule has 2 aromatic rings. The predicted octanol–water partition coefficient (Wildman–Crippen LogP) is 5.76. The van der Waals surface area contributed by atoms with Gasteiger partial charge in [0.2, 0.25) is 0 Å². The molecule has 0 unspecified atom stereocenters. The first-order chi connectivity index (χ1) is 10.6. The molecule has 0 fully saturated rings. The molecule has 0 amide bonds. The molecule has 22 heavy (non-hydrogen) atoms. The maximum Gasteiger partial charge on any atom is 0.159 e. The Hall–Kier alpha value is -1.89. The molecule has 0 aromatic heterocycles. The Balaban J connectivity index is 2.30. The lowest BCUT2D eigenvalue weighted by Gasteiger charge is -2.32. The molecular formula is C21H24O. The second-order valence-electron chi connectivity index (χ2n) is 6.44. The minimum Gasteiger partial charge on any atom is -0.295 e. The van der Waals surface area contributed by atoms with Gasteiger partial charge in [0, 0.05) is 11.0 Å². The Morgan fingerprint density at radius 3 is 2.18 bits per heavy atom. The average Bonchev–Trinajstić information content (AvgIpc) is 2.79. The van der Waals surface area contributed by atoms with Crippen LogP contribution in [0.25, 0.3) is 11.1 Å². The zero-order valence-electron chi connectivity index (χ0n) is 13.8. The van der Waals surface area contributed by atoms with Crippen LogP contribution in [-0.2, 0) is 5.41 Å². The first-order valence-corrected chi connectivity index (χ1v) is 8.39. The normalized spacial score (nSPS) is 14.5. The second kappa shape index (κ2) is 5.72. The van der Waals surface area contributed by atoms with Gasteiger partial charge in [-0.3, -0.25) is 4.79 Å². The van der Waals surface area contributed by atoms with Crippen molar-refractivity contribution in [2.75, 3.05) is 0 Å². The highest BCUT2D eigenvalue weighted by Crippen LogP contribution is 2.53. The summed E-state index contributed by atoms with van der Waals surface area (Å²) in [5.74, 6) is 0.153. The van der Waals surface area contributed by atoms with Gasteiger partial charge in [-0.2, -0.15) is 0 Å². The summed E-state index contributed by atoms with van der Waals surface area (Å²) in [5, 5.41) is 0. The Labute approximate surface area is 133 Å². The van der Waals surface area contributed by atoms with Crippen LogP contribution in [0.3, 0.4) is 0 Å². The van der Waals surface area contributed by atoms with Gasteiger partial charge in [-0.15, -0.1) is 0 Å². The molecule has 1 heteroatoms. The number of fused-ring (bicyclic) bond motifs is 3. The van der Waals surface area contributed by atoms with Crippen molar-refractivity contribution >= 4 is 5.78 Å². The molecule has 0 saturated heterocycles. The number of carbonyl (C=O) groups excluding carboxylic acids is 1. The standard InChI is InChI=1S/C21H24O/c1-4-12-21(13-5-2)19-9-7-6-8-17(19)18-11-10-16(15(3)22)14-20(18)21/h6-11,14H,4-5,12-13H2,1-3H3. The highest BCUT2D eigenvalue weighted by atomic mass is 16.1. The van der Waals surface area contributed by atoms with Gasteiger partial charge in [0.1, 0.15) is 0 Å². The van der Waals surface area contributed by atoms with E-state index in [0.29, 0.717) is 0 Å². The fraction of sp³-hybridized carbons (Fsp3) is 0.381. The number of Topliss-reactive ketones (excluding diaryl/α,β-unsaturated/α-hetero) is 1. The molecule has 0 atom stereocenters. The minimum absolute atomic E-state index is 0.0842. The van der Waals surface area contributed by atoms with Gasteiger partial charge in [-0.1, -0.05) is 63.1 Å². The lowest BCUT2D eigenvalue weighted by Crippen LogP contribution is -2.25. The smallest absolute Gasteiger partial charge is 0.159 e. The van der Waals surface area contributed by atoms with Gasteiger partial charge in [-0.25, -0.2) is 0 Å². The van der Waals surface area contributed by atoms with Crippen LogP contribution in [0.1, 0.15) is 67.9 Å². The van der Waals surface area contributed by atoms with Crippen LogP contribution in [-0.4, -0.2) is 5.78 Å². The number of hydrogen-bond donors (Lipinski definition) is 0. The Bertz CT molecular complexity index is 706. The fourth-order valence-corrected chi connectivity index (χ4v) is 4.19. The van der Waals surface area contributed by atoms with Crippen LogP contribution >= 0.6 is 0 Å². The van der Waals surface area contributed by atoms with E-state index in [-0.39, 0.29) is 11.2 Å². The summed E-state index contributed by atoms with van der Waals surface area (Å²) in [6, 6.07) is 15.1. The summed E-state index contributed by atoms with van der Waals surface area (Å²) in [5.41, 5.74) is 6.42. The quantitative estimate of drug-likeness (QED) is 0.641. The number of rotatable bonds is 5. The van der Waals surface area contributed by atoms with E-state index in [1.165, 1.54) is 22.3 Å². The monoisotopic (exact) mass is 292 g/mol. The zero-order valence-corrected chi connectivity index (χ0v) is 13.8. The summed E-state index contributed by atoms with van der Waals surface area (Å²) in [4.78, 5) is 11.8. The van der Waals surface area contributed by atoms with Crippen molar-refractivity contribution in [3.8, 4) is 11.1 Å². The fourth-order valence-electron chi connectivity index (χ4n) is 4.19. The van der Waals surface area contributed by atoms with Gasteiger partial charge in [0.15, 0.2) is 5.78 Å². The van der Waals surface area contributed by atoms with Crippen LogP contribution in [0, 0.1) is 0 Å². The first-order valence-electron chi connectivity index (χ1n) is 8.39. The summed E-state index contributed by atoms with van der Waals surface area (Å²) in [6.07, 6.45) is 4.59. The maximum absolute atomic E-state index is 11.8. The maximum atomic E-state index is 11.8. The SMILES string of the molecule is CCCC1(CCC)c2ccccc2-c2ccc(C(C)=O)cc21. The van der Waals surface area contributed by atoms with Crippen molar-refractivity contribution in [1.29, 1.82) is 0 Å². The molecule has 3 rings (SSSR count). The predicted molar refractivity (Wildman–Crippen MR) is 92.5 cm³/mol. The lowest BCUT2D eigenvalue weighted by atomic mass is 9.71. The van der Waals surface area contributed by atoms with Crippen LogP contribution < -0.4 is 0 Å². The molecule has 0 radical (unpaired) electrons. The molecule has 1 aliphatic carbocycles. The van der Waals surface area contributed by atoms with Crippen molar-refractivity contribution in [3.05, 3.63) is 59.2 Å². The number of hydrogen-bond acceptors (Lipinski definition) is 1. The third-order valence-electron chi connectivity index (χ3n) is 5.03. The van der Waals surface area contributed by atoms with E-state index in [4.69, 9.17) is 0 Å². The topological polar surface area (TPSA) is 17.1 Å². The van der Waals surface area contributed by atoms with Crippen LogP contribution in [0.2, 0.25) is 0 Å². The highest BCUT2D eigenvalue weighted by molar-refractivity contribution is 5.96. The van der Waals surface area contributed by atoms with Gasteiger partial charge in [0.05, 0.1) is 0 Å². The van der Waals surface area contributed by atoms with Crippen molar-refractivity contribution in [2.24, 2.45) is 0 Å². The molecular weight excluding hydrogens is 268 g/mol. The first kappa shape index (κ1) is 15.0. The molecule has 1 nitrogen and oxygen atoms in total. The Morgan fingerprint density at radius 2 is 1.55 bits per heavy atom. The van der Waals surface area contributed by atoms with E-state index in [1.807, 2.05) is 6.07 Å². The summed E-state index contributed by atoms with van der Waals surface area (Å²) < 4.78 is 0. The molecule has 0 N–H and O–H groups in total. The molecule has 2 aromatic carbocycles. The van der Waals surface area contributed by atoms with Crippen molar-refractivity contribution in [3.63, 3.8) is 0 Å². The van der Waals surface area contributed by atoms with Gasteiger partial charge < -0.3 is 0 Å². The molecule has 1 aliphatic rings. The van der Waals surface area contributed by atoms with E-state index < -0.39 is 0 Å². The van der Waals surface area contributed by atoms with E-state index in [0.717, 1.165) is 31.2 Å². The molecule has 114 valence electrons. The largest absolute Gasteiger partial charge is 0.295 e. The van der Waals surface area contributed by atoms with E-state index in [9.17, 15) is 4.79 Å². The Kier molecular flexibility index (Phi) is 3.90. The van der Waals surface area contributed by atoms with Gasteiger partial charge in [0.25, 0.3) is 0 Å². The van der Waals surface area contributed by atoms with Crippen molar-refractivity contribution in [2.45, 2.75) is 51.9 Å². The van der Waals surface area contributed by atoms with E-state index in [1.54, 1.807) is 6.92 Å². The molecule has 0 saturated carbocycles. The molecule has 0 aliphatic heterocycles. The second-order valence-corrected chi connectivity index (χ2v) is 6.44. The van der Waals surface area contributed by atoms with E-state index >= 15 is 0 Å². The summed E-state index contributed by atoms with van der Waals surface area (Å²) >= 11 is 0. The van der Waals surface area contributed by atoms with Crippen molar-refractivity contribution < 1.29 is 4.79 Å². The van der Waals surface area contributed by atoms with Crippen molar-refractivity contribution in [1.82, 2.24) is 0 Å². The zero-order chi connectivity index (χ0) is 15.7. The molecule has 0 heterocycles. The minimum atomic E-state index is 0.0842. The number of carbonyl (C=O) groups is 1. The third kappa shape index (κ3) is 2.11. The lowest BCUT2D eigenvalue weighted by molar-refractivity contribution is 0.101. The molecule has 0 bridgehead atoms. The van der Waals surface area contributed by atoms with Gasteiger partial charge >= 0.3 is 0 Å². The van der Waals surface area contributed by atoms with Crippen LogP contribution in [0.4, 0.5) is 0 Å².